The molecule has 0 aliphatic carbocycles. The number of aryl methyl sites for hydroxylation is 2. The van der Waals surface area contributed by atoms with Crippen molar-refractivity contribution < 1.29 is 0 Å². The molecule has 0 atom stereocenters. The summed E-state index contributed by atoms with van der Waals surface area (Å²) in [5.41, 5.74) is 11.0. The van der Waals surface area contributed by atoms with Crippen molar-refractivity contribution in [2.45, 2.75) is 20.4 Å². The van der Waals surface area contributed by atoms with Crippen LogP contribution in [0.25, 0.3) is 10.2 Å². The SMILES string of the molecule is Cc1nn(C)c(C)c1CNc1nc2ccc(N)cc2s1. The van der Waals surface area contributed by atoms with Crippen molar-refractivity contribution in [3.8, 4) is 0 Å². The molecule has 0 aliphatic heterocycles. The van der Waals surface area contributed by atoms with Gasteiger partial charge < -0.3 is 11.1 Å². The van der Waals surface area contributed by atoms with E-state index in [9.17, 15) is 0 Å². The van der Waals surface area contributed by atoms with Crippen LogP contribution in [0, 0.1) is 13.8 Å². The summed E-state index contributed by atoms with van der Waals surface area (Å²) in [6.45, 7) is 4.85. The van der Waals surface area contributed by atoms with Gasteiger partial charge in [-0.3, -0.25) is 4.68 Å². The Balaban J connectivity index is 1.83. The Bertz CT molecular complexity index is 771. The molecule has 3 rings (SSSR count). The molecular weight excluding hydrogens is 270 g/mol. The van der Waals surface area contributed by atoms with Crippen molar-refractivity contribution in [2.24, 2.45) is 7.05 Å². The molecule has 20 heavy (non-hydrogen) atoms. The van der Waals surface area contributed by atoms with Crippen LogP contribution in [0.15, 0.2) is 18.2 Å². The molecule has 3 aromatic rings. The molecule has 1 aromatic carbocycles. The van der Waals surface area contributed by atoms with Crippen molar-refractivity contribution in [3.63, 3.8) is 0 Å². The zero-order valence-electron chi connectivity index (χ0n) is 11.8. The summed E-state index contributed by atoms with van der Waals surface area (Å²) >= 11 is 1.62. The summed E-state index contributed by atoms with van der Waals surface area (Å²) < 4.78 is 3.01. The number of nitrogens with two attached hydrogens (primary N) is 1. The fraction of sp³-hybridized carbons (Fsp3) is 0.286. The van der Waals surface area contributed by atoms with E-state index in [1.54, 1.807) is 11.3 Å². The van der Waals surface area contributed by atoms with E-state index in [0.29, 0.717) is 0 Å². The first-order valence-corrected chi connectivity index (χ1v) is 7.25. The topological polar surface area (TPSA) is 68.8 Å². The van der Waals surface area contributed by atoms with Gasteiger partial charge in [0.1, 0.15) is 0 Å². The summed E-state index contributed by atoms with van der Waals surface area (Å²) in [5.74, 6) is 0. The molecule has 0 unspecified atom stereocenters. The number of thiazole rings is 1. The second-order valence-corrected chi connectivity index (χ2v) is 5.90. The van der Waals surface area contributed by atoms with E-state index in [0.717, 1.165) is 33.3 Å². The van der Waals surface area contributed by atoms with Gasteiger partial charge in [0.15, 0.2) is 5.13 Å². The van der Waals surface area contributed by atoms with Gasteiger partial charge in [-0.05, 0) is 32.0 Å². The van der Waals surface area contributed by atoms with Crippen LogP contribution in [-0.4, -0.2) is 14.8 Å². The third-order valence-electron chi connectivity index (χ3n) is 3.49. The number of benzene rings is 1. The van der Waals surface area contributed by atoms with Crippen molar-refractivity contribution in [1.29, 1.82) is 0 Å². The van der Waals surface area contributed by atoms with Gasteiger partial charge in [0.2, 0.25) is 0 Å². The number of nitrogens with one attached hydrogen (secondary N) is 1. The van der Waals surface area contributed by atoms with Gasteiger partial charge >= 0.3 is 0 Å². The van der Waals surface area contributed by atoms with Crippen LogP contribution in [0.2, 0.25) is 0 Å². The quantitative estimate of drug-likeness (QED) is 0.727. The van der Waals surface area contributed by atoms with Crippen LogP contribution in [0.3, 0.4) is 0 Å². The van der Waals surface area contributed by atoms with E-state index in [1.165, 1.54) is 11.3 Å². The predicted molar refractivity (Wildman–Crippen MR) is 84.0 cm³/mol. The van der Waals surface area contributed by atoms with Crippen LogP contribution < -0.4 is 11.1 Å². The first kappa shape index (κ1) is 12.9. The molecule has 104 valence electrons. The minimum Gasteiger partial charge on any atom is -0.399 e. The van der Waals surface area contributed by atoms with Gasteiger partial charge in [0.05, 0.1) is 15.9 Å². The number of nitrogen functional groups attached to an aromatic ring is 1. The maximum absolute atomic E-state index is 5.79. The van der Waals surface area contributed by atoms with Gasteiger partial charge in [-0.25, -0.2) is 4.98 Å². The van der Waals surface area contributed by atoms with Gasteiger partial charge in [-0.2, -0.15) is 5.10 Å². The largest absolute Gasteiger partial charge is 0.399 e. The van der Waals surface area contributed by atoms with Crippen LogP contribution in [0.1, 0.15) is 17.0 Å². The van der Waals surface area contributed by atoms with E-state index >= 15 is 0 Å². The monoisotopic (exact) mass is 287 g/mol. The lowest BCUT2D eigenvalue weighted by Gasteiger charge is -2.03. The lowest BCUT2D eigenvalue weighted by Crippen LogP contribution is -2.01. The molecule has 0 bridgehead atoms. The molecule has 3 N–H and O–H groups in total. The number of rotatable bonds is 3. The van der Waals surface area contributed by atoms with Crippen molar-refractivity contribution in [1.82, 2.24) is 14.8 Å². The molecule has 2 aromatic heterocycles. The second kappa shape index (κ2) is 4.79. The fourth-order valence-corrected chi connectivity index (χ4v) is 3.16. The third kappa shape index (κ3) is 2.22. The zero-order valence-corrected chi connectivity index (χ0v) is 12.6. The van der Waals surface area contributed by atoms with E-state index in [2.05, 4.69) is 22.3 Å². The van der Waals surface area contributed by atoms with Gasteiger partial charge in [0, 0.05) is 30.5 Å². The standard InChI is InChI=1S/C14H17N5S/c1-8-11(9(2)19(3)18-8)7-16-14-17-12-5-4-10(15)6-13(12)20-14/h4-6H,7,15H2,1-3H3,(H,16,17). The number of fused-ring (bicyclic) bond motifs is 1. The molecule has 0 aliphatic rings. The van der Waals surface area contributed by atoms with Crippen LogP contribution in [0.5, 0.6) is 0 Å². The van der Waals surface area contributed by atoms with Gasteiger partial charge in [-0.15, -0.1) is 0 Å². The Morgan fingerprint density at radius 3 is 2.85 bits per heavy atom. The summed E-state index contributed by atoms with van der Waals surface area (Å²) in [5, 5.41) is 8.71. The zero-order chi connectivity index (χ0) is 14.3. The molecule has 5 nitrogen and oxygen atoms in total. The number of aromatic nitrogens is 3. The average Bonchev–Trinajstić information content (AvgIpc) is 2.89. The fourth-order valence-electron chi connectivity index (χ4n) is 2.25. The molecular formula is C14H17N5S. The first-order valence-electron chi connectivity index (χ1n) is 6.43. The predicted octanol–water partition coefficient (Wildman–Crippen LogP) is 2.84. The summed E-state index contributed by atoms with van der Waals surface area (Å²) in [6.07, 6.45) is 0. The van der Waals surface area contributed by atoms with Gasteiger partial charge in [0.25, 0.3) is 0 Å². The molecule has 0 saturated carbocycles. The first-order chi connectivity index (χ1) is 9.54. The maximum Gasteiger partial charge on any atom is 0.184 e. The minimum atomic E-state index is 0.737. The smallest absolute Gasteiger partial charge is 0.184 e. The van der Waals surface area contributed by atoms with E-state index in [1.807, 2.05) is 36.9 Å². The lowest BCUT2D eigenvalue weighted by atomic mass is 10.2. The summed E-state index contributed by atoms with van der Waals surface area (Å²) in [4.78, 5) is 4.56. The molecule has 0 saturated heterocycles. The van der Waals surface area contributed by atoms with Crippen molar-refractivity contribution in [3.05, 3.63) is 35.2 Å². The highest BCUT2D eigenvalue weighted by Gasteiger charge is 2.10. The minimum absolute atomic E-state index is 0.737. The van der Waals surface area contributed by atoms with Gasteiger partial charge in [-0.1, -0.05) is 11.3 Å². The maximum atomic E-state index is 5.79. The summed E-state index contributed by atoms with van der Waals surface area (Å²) in [7, 11) is 1.96. The Labute approximate surface area is 121 Å². The Kier molecular flexibility index (Phi) is 3.10. The molecule has 0 spiro atoms. The van der Waals surface area contributed by atoms with Crippen LogP contribution in [0.4, 0.5) is 10.8 Å². The third-order valence-corrected chi connectivity index (χ3v) is 4.46. The van der Waals surface area contributed by atoms with Crippen LogP contribution >= 0.6 is 11.3 Å². The molecule has 6 heteroatoms. The number of hydrogen-bond acceptors (Lipinski definition) is 5. The highest BCUT2D eigenvalue weighted by molar-refractivity contribution is 7.22. The average molecular weight is 287 g/mol. The number of nitrogens with zero attached hydrogens (tertiary/aromatic N) is 3. The van der Waals surface area contributed by atoms with Crippen molar-refractivity contribution >= 4 is 32.4 Å². The normalized spacial score (nSPS) is 11.2. The molecule has 0 fully saturated rings. The van der Waals surface area contributed by atoms with Crippen molar-refractivity contribution in [2.75, 3.05) is 11.1 Å². The Morgan fingerprint density at radius 2 is 2.15 bits per heavy atom. The van der Waals surface area contributed by atoms with E-state index in [-0.39, 0.29) is 0 Å². The molecule has 2 heterocycles. The second-order valence-electron chi connectivity index (χ2n) is 4.87. The van der Waals surface area contributed by atoms with E-state index < -0.39 is 0 Å². The Morgan fingerprint density at radius 1 is 1.35 bits per heavy atom. The highest BCUT2D eigenvalue weighted by atomic mass is 32.1. The van der Waals surface area contributed by atoms with E-state index in [4.69, 9.17) is 5.73 Å². The van der Waals surface area contributed by atoms with Crippen LogP contribution in [-0.2, 0) is 13.6 Å². The Hall–Kier alpha value is -2.08. The molecule has 0 amide bonds. The summed E-state index contributed by atoms with van der Waals surface area (Å²) in [6, 6.07) is 5.78. The number of anilines is 2. The lowest BCUT2D eigenvalue weighted by molar-refractivity contribution is 0.730. The molecule has 0 radical (unpaired) electrons. The highest BCUT2D eigenvalue weighted by Crippen LogP contribution is 2.28. The number of hydrogen-bond donors (Lipinski definition) is 2.